The summed E-state index contributed by atoms with van der Waals surface area (Å²) in [6, 6.07) is 2.12. The fourth-order valence-electron chi connectivity index (χ4n) is 4.00. The lowest BCUT2D eigenvalue weighted by Crippen LogP contribution is -2.49. The van der Waals surface area contributed by atoms with Crippen LogP contribution in [-0.4, -0.2) is 46.3 Å². The number of hydrogen-bond donors (Lipinski definition) is 1. The molecule has 3 rings (SSSR count). The smallest absolute Gasteiger partial charge is 0.272 e. The summed E-state index contributed by atoms with van der Waals surface area (Å²) in [5.74, 6) is 0.842. The number of aromatic nitrogens is 2. The van der Waals surface area contributed by atoms with E-state index in [-0.39, 0.29) is 11.9 Å². The summed E-state index contributed by atoms with van der Waals surface area (Å²) in [5.41, 5.74) is 1.55. The standard InChI is InChI=1S/C18H30N4O/c1-14-11-17(20-21(14)2)18(23)19-16-9-6-10-22(13-16)12-15-7-4-3-5-8-15/h11,15-16H,3-10,12-13H2,1-2H3,(H,19,23)/t16-/m1/s1. The predicted octanol–water partition coefficient (Wildman–Crippen LogP) is 2.50. The van der Waals surface area contributed by atoms with Crippen LogP contribution in [-0.2, 0) is 7.05 Å². The number of carbonyl (C=O) groups is 1. The van der Waals surface area contributed by atoms with Gasteiger partial charge in [0.2, 0.25) is 0 Å². The van der Waals surface area contributed by atoms with Crippen molar-refractivity contribution in [1.29, 1.82) is 0 Å². The fourth-order valence-corrected chi connectivity index (χ4v) is 4.00. The summed E-state index contributed by atoms with van der Waals surface area (Å²) in [6.45, 7) is 5.37. The van der Waals surface area contributed by atoms with Crippen LogP contribution in [0.1, 0.15) is 61.1 Å². The molecule has 0 radical (unpaired) electrons. The van der Waals surface area contributed by atoms with Crippen molar-refractivity contribution in [3.05, 3.63) is 17.5 Å². The molecule has 1 saturated carbocycles. The number of carbonyl (C=O) groups excluding carboxylic acids is 1. The maximum Gasteiger partial charge on any atom is 0.272 e. The second kappa shape index (κ2) is 7.47. The van der Waals surface area contributed by atoms with E-state index in [0.29, 0.717) is 5.69 Å². The van der Waals surface area contributed by atoms with E-state index < -0.39 is 0 Å². The number of aryl methyl sites for hydroxylation is 2. The summed E-state index contributed by atoms with van der Waals surface area (Å²) in [4.78, 5) is 14.9. The highest BCUT2D eigenvalue weighted by atomic mass is 16.2. The lowest BCUT2D eigenvalue weighted by Gasteiger charge is -2.36. The van der Waals surface area contributed by atoms with Crippen LogP contribution < -0.4 is 5.32 Å². The molecule has 5 heteroatoms. The number of piperidine rings is 1. The van der Waals surface area contributed by atoms with Gasteiger partial charge < -0.3 is 10.2 Å². The van der Waals surface area contributed by atoms with Gasteiger partial charge in [0.05, 0.1) is 0 Å². The average Bonchev–Trinajstić information content (AvgIpc) is 2.88. The van der Waals surface area contributed by atoms with Crippen molar-refractivity contribution >= 4 is 5.91 Å². The molecule has 1 aromatic heterocycles. The molecule has 1 saturated heterocycles. The molecule has 0 unspecified atom stereocenters. The Bertz CT molecular complexity index is 514. The summed E-state index contributed by atoms with van der Waals surface area (Å²) < 4.78 is 1.76. The highest BCUT2D eigenvalue weighted by molar-refractivity contribution is 5.92. The van der Waals surface area contributed by atoms with E-state index in [4.69, 9.17) is 0 Å². The molecule has 2 fully saturated rings. The molecule has 5 nitrogen and oxygen atoms in total. The van der Waals surface area contributed by atoms with Crippen molar-refractivity contribution < 1.29 is 4.79 Å². The zero-order valence-corrected chi connectivity index (χ0v) is 14.6. The van der Waals surface area contributed by atoms with Crippen LogP contribution in [0.3, 0.4) is 0 Å². The molecule has 2 heterocycles. The molecule has 0 aromatic carbocycles. The lowest BCUT2D eigenvalue weighted by molar-refractivity contribution is 0.0884. The Morgan fingerprint density at radius 1 is 1.26 bits per heavy atom. The Labute approximate surface area is 139 Å². The van der Waals surface area contributed by atoms with Crippen LogP contribution in [0.25, 0.3) is 0 Å². The van der Waals surface area contributed by atoms with E-state index in [1.807, 2.05) is 20.0 Å². The maximum absolute atomic E-state index is 12.4. The van der Waals surface area contributed by atoms with Crippen molar-refractivity contribution in [3.8, 4) is 0 Å². The van der Waals surface area contributed by atoms with Gasteiger partial charge in [0.1, 0.15) is 5.69 Å². The highest BCUT2D eigenvalue weighted by Gasteiger charge is 2.25. The molecule has 2 aliphatic rings. The van der Waals surface area contributed by atoms with Crippen LogP contribution >= 0.6 is 0 Å². The Morgan fingerprint density at radius 2 is 2.04 bits per heavy atom. The Hall–Kier alpha value is -1.36. The van der Waals surface area contributed by atoms with Gasteiger partial charge in [-0.05, 0) is 51.1 Å². The molecule has 1 amide bonds. The molecule has 1 N–H and O–H groups in total. The molecule has 1 atom stereocenters. The number of rotatable bonds is 4. The molecular formula is C18H30N4O. The number of amides is 1. The van der Waals surface area contributed by atoms with Crippen molar-refractivity contribution in [2.24, 2.45) is 13.0 Å². The Morgan fingerprint density at radius 3 is 2.74 bits per heavy atom. The molecular weight excluding hydrogens is 288 g/mol. The van der Waals surface area contributed by atoms with Crippen LogP contribution in [0.15, 0.2) is 6.07 Å². The van der Waals surface area contributed by atoms with E-state index in [1.54, 1.807) is 4.68 Å². The van der Waals surface area contributed by atoms with E-state index in [1.165, 1.54) is 51.6 Å². The van der Waals surface area contributed by atoms with Crippen molar-refractivity contribution in [2.75, 3.05) is 19.6 Å². The first kappa shape index (κ1) is 16.5. The number of nitrogens with zero attached hydrogens (tertiary/aromatic N) is 3. The normalized spacial score (nSPS) is 23.8. The monoisotopic (exact) mass is 318 g/mol. The minimum absolute atomic E-state index is 0.0294. The third kappa shape index (κ3) is 4.34. The molecule has 1 aliphatic carbocycles. The summed E-state index contributed by atoms with van der Waals surface area (Å²) in [6.07, 6.45) is 9.26. The van der Waals surface area contributed by atoms with Crippen LogP contribution in [0, 0.1) is 12.8 Å². The number of nitrogens with one attached hydrogen (secondary N) is 1. The van der Waals surface area contributed by atoms with Crippen molar-refractivity contribution in [1.82, 2.24) is 20.0 Å². The van der Waals surface area contributed by atoms with Crippen molar-refractivity contribution in [3.63, 3.8) is 0 Å². The van der Waals surface area contributed by atoms with Crippen LogP contribution in [0.4, 0.5) is 0 Å². The van der Waals surface area contributed by atoms with E-state index in [2.05, 4.69) is 15.3 Å². The second-order valence-corrected chi connectivity index (χ2v) is 7.37. The topological polar surface area (TPSA) is 50.2 Å². The van der Waals surface area contributed by atoms with Crippen molar-refractivity contribution in [2.45, 2.75) is 57.9 Å². The molecule has 128 valence electrons. The van der Waals surface area contributed by atoms with Gasteiger partial charge in [0, 0.05) is 31.9 Å². The third-order valence-corrected chi connectivity index (χ3v) is 5.43. The molecule has 1 aromatic rings. The molecule has 0 spiro atoms. The van der Waals surface area contributed by atoms with Gasteiger partial charge in [-0.1, -0.05) is 19.3 Å². The minimum atomic E-state index is -0.0294. The van der Waals surface area contributed by atoms with Gasteiger partial charge in [0.25, 0.3) is 5.91 Å². The highest BCUT2D eigenvalue weighted by Crippen LogP contribution is 2.25. The predicted molar refractivity (Wildman–Crippen MR) is 91.4 cm³/mol. The SMILES string of the molecule is Cc1cc(C(=O)N[C@@H]2CCCN(CC3CCCCC3)C2)nn1C. The summed E-state index contributed by atoms with van der Waals surface area (Å²) >= 11 is 0. The molecule has 1 aliphatic heterocycles. The van der Waals surface area contributed by atoms with Gasteiger partial charge in [-0.25, -0.2) is 0 Å². The first-order valence-electron chi connectivity index (χ1n) is 9.15. The largest absolute Gasteiger partial charge is 0.347 e. The first-order valence-corrected chi connectivity index (χ1v) is 9.15. The summed E-state index contributed by atoms with van der Waals surface area (Å²) in [5, 5.41) is 7.47. The molecule has 23 heavy (non-hydrogen) atoms. The van der Waals surface area contributed by atoms with E-state index >= 15 is 0 Å². The number of hydrogen-bond acceptors (Lipinski definition) is 3. The number of likely N-dealkylation sites (tertiary alicyclic amines) is 1. The van der Waals surface area contributed by atoms with Crippen LogP contribution in [0.2, 0.25) is 0 Å². The van der Waals surface area contributed by atoms with Gasteiger partial charge >= 0.3 is 0 Å². The Balaban J connectivity index is 1.50. The van der Waals surface area contributed by atoms with E-state index in [9.17, 15) is 4.79 Å². The third-order valence-electron chi connectivity index (χ3n) is 5.43. The van der Waals surface area contributed by atoms with Gasteiger partial charge in [-0.15, -0.1) is 0 Å². The lowest BCUT2D eigenvalue weighted by atomic mass is 9.88. The van der Waals surface area contributed by atoms with Gasteiger partial charge in [0.15, 0.2) is 0 Å². The van der Waals surface area contributed by atoms with Crippen LogP contribution in [0.5, 0.6) is 0 Å². The minimum Gasteiger partial charge on any atom is -0.347 e. The maximum atomic E-state index is 12.4. The first-order chi connectivity index (χ1) is 11.1. The summed E-state index contributed by atoms with van der Waals surface area (Å²) in [7, 11) is 1.87. The van der Waals surface area contributed by atoms with Gasteiger partial charge in [-0.2, -0.15) is 5.10 Å². The zero-order valence-electron chi connectivity index (χ0n) is 14.6. The second-order valence-electron chi connectivity index (χ2n) is 7.37. The van der Waals surface area contributed by atoms with E-state index in [0.717, 1.165) is 24.6 Å². The zero-order chi connectivity index (χ0) is 16.2. The molecule has 0 bridgehead atoms. The van der Waals surface area contributed by atoms with Gasteiger partial charge in [-0.3, -0.25) is 9.48 Å². The fraction of sp³-hybridized carbons (Fsp3) is 0.778. The average molecular weight is 318 g/mol. The quantitative estimate of drug-likeness (QED) is 0.928. The Kier molecular flexibility index (Phi) is 5.36.